The highest BCUT2D eigenvalue weighted by atomic mass is 16.5. The second kappa shape index (κ2) is 8.40. The fraction of sp³-hybridized carbons (Fsp3) is 0.533. The molecule has 0 radical (unpaired) electrons. The summed E-state index contributed by atoms with van der Waals surface area (Å²) in [5.41, 5.74) is 0.701. The van der Waals surface area contributed by atoms with E-state index < -0.39 is 6.09 Å². The van der Waals surface area contributed by atoms with Crippen LogP contribution in [-0.4, -0.2) is 24.4 Å². The number of benzene rings is 1. The molecule has 1 aromatic rings. The van der Waals surface area contributed by atoms with Crippen LogP contribution in [0.4, 0.5) is 10.5 Å². The van der Waals surface area contributed by atoms with Crippen molar-refractivity contribution in [2.75, 3.05) is 18.1 Å². The Morgan fingerprint density at radius 3 is 2.37 bits per heavy atom. The molecule has 1 amide bonds. The van der Waals surface area contributed by atoms with Crippen molar-refractivity contribution in [2.45, 2.75) is 39.5 Å². The number of carboxylic acid groups (broad SMARTS) is 1. The molecule has 4 heteroatoms. The Balaban J connectivity index is 2.62. The summed E-state index contributed by atoms with van der Waals surface area (Å²) in [4.78, 5) is 12.7. The lowest BCUT2D eigenvalue weighted by Gasteiger charge is -2.19. The quantitative estimate of drug-likeness (QED) is 0.718. The van der Waals surface area contributed by atoms with Crippen LogP contribution in [0.3, 0.4) is 0 Å². The predicted octanol–water partition coefficient (Wildman–Crippen LogP) is 4.15. The van der Waals surface area contributed by atoms with Gasteiger partial charge in [0, 0.05) is 12.2 Å². The van der Waals surface area contributed by atoms with Crippen LogP contribution in [-0.2, 0) is 0 Å². The number of nitrogens with zero attached hydrogens (tertiary/aromatic N) is 1. The standard InChI is InChI=1S/C15H23NO3/c1-3-5-6-7-12-16(15(17)18)13-8-10-14(11-9-13)19-4-2/h8-11H,3-7,12H2,1-2H3,(H,17,18). The van der Waals surface area contributed by atoms with E-state index in [9.17, 15) is 9.90 Å². The Hall–Kier alpha value is -1.71. The van der Waals surface area contributed by atoms with Crippen molar-refractivity contribution in [3.05, 3.63) is 24.3 Å². The molecule has 4 nitrogen and oxygen atoms in total. The molecule has 106 valence electrons. The van der Waals surface area contributed by atoms with Crippen LogP contribution in [0.5, 0.6) is 5.75 Å². The molecule has 0 saturated carbocycles. The summed E-state index contributed by atoms with van der Waals surface area (Å²) in [6, 6.07) is 7.19. The molecule has 1 N–H and O–H groups in total. The molecule has 0 aliphatic heterocycles. The van der Waals surface area contributed by atoms with Gasteiger partial charge in [-0.05, 0) is 37.6 Å². The van der Waals surface area contributed by atoms with Crippen molar-refractivity contribution in [3.8, 4) is 5.75 Å². The van der Waals surface area contributed by atoms with E-state index in [-0.39, 0.29) is 0 Å². The van der Waals surface area contributed by atoms with Crippen LogP contribution >= 0.6 is 0 Å². The Labute approximate surface area is 115 Å². The van der Waals surface area contributed by atoms with E-state index in [2.05, 4.69) is 6.92 Å². The van der Waals surface area contributed by atoms with E-state index in [1.165, 1.54) is 4.90 Å². The number of anilines is 1. The number of amides is 1. The first-order valence-corrected chi connectivity index (χ1v) is 6.92. The molecule has 0 aromatic heterocycles. The second-order valence-electron chi connectivity index (χ2n) is 4.42. The maximum absolute atomic E-state index is 11.3. The Bertz CT molecular complexity index is 375. The van der Waals surface area contributed by atoms with Crippen LogP contribution in [0.15, 0.2) is 24.3 Å². The molecule has 19 heavy (non-hydrogen) atoms. The fourth-order valence-corrected chi connectivity index (χ4v) is 1.92. The summed E-state index contributed by atoms with van der Waals surface area (Å²) in [5, 5.41) is 9.25. The summed E-state index contributed by atoms with van der Waals surface area (Å²) in [6.45, 7) is 5.22. The third-order valence-electron chi connectivity index (χ3n) is 2.93. The van der Waals surface area contributed by atoms with E-state index in [1.807, 2.05) is 6.92 Å². The van der Waals surface area contributed by atoms with Gasteiger partial charge < -0.3 is 9.84 Å². The fourth-order valence-electron chi connectivity index (χ4n) is 1.92. The number of unbranched alkanes of at least 4 members (excludes halogenated alkanes) is 3. The van der Waals surface area contributed by atoms with Crippen molar-refractivity contribution in [1.29, 1.82) is 0 Å². The lowest BCUT2D eigenvalue weighted by molar-refractivity contribution is 0.201. The van der Waals surface area contributed by atoms with Crippen molar-refractivity contribution in [2.24, 2.45) is 0 Å². The third-order valence-corrected chi connectivity index (χ3v) is 2.93. The largest absolute Gasteiger partial charge is 0.494 e. The smallest absolute Gasteiger partial charge is 0.411 e. The van der Waals surface area contributed by atoms with Gasteiger partial charge in [-0.2, -0.15) is 0 Å². The van der Waals surface area contributed by atoms with Crippen molar-refractivity contribution >= 4 is 11.8 Å². The van der Waals surface area contributed by atoms with Crippen molar-refractivity contribution < 1.29 is 14.6 Å². The zero-order chi connectivity index (χ0) is 14.1. The Morgan fingerprint density at radius 2 is 1.84 bits per heavy atom. The molecule has 0 spiro atoms. The molecule has 0 bridgehead atoms. The van der Waals surface area contributed by atoms with Crippen molar-refractivity contribution in [1.82, 2.24) is 0 Å². The summed E-state index contributed by atoms with van der Waals surface area (Å²) in [5.74, 6) is 0.766. The highest BCUT2D eigenvalue weighted by molar-refractivity contribution is 5.86. The first-order chi connectivity index (χ1) is 9.19. The Morgan fingerprint density at radius 1 is 1.16 bits per heavy atom. The van der Waals surface area contributed by atoms with Gasteiger partial charge in [-0.3, -0.25) is 4.90 Å². The van der Waals surface area contributed by atoms with Crippen molar-refractivity contribution in [3.63, 3.8) is 0 Å². The van der Waals surface area contributed by atoms with Gasteiger partial charge in [0.25, 0.3) is 0 Å². The third kappa shape index (κ3) is 5.20. The summed E-state index contributed by atoms with van der Waals surface area (Å²) >= 11 is 0. The molecular formula is C15H23NO3. The monoisotopic (exact) mass is 265 g/mol. The highest BCUT2D eigenvalue weighted by Crippen LogP contribution is 2.20. The number of rotatable bonds is 8. The molecule has 1 rings (SSSR count). The predicted molar refractivity (Wildman–Crippen MR) is 77.1 cm³/mol. The zero-order valence-corrected chi connectivity index (χ0v) is 11.8. The van der Waals surface area contributed by atoms with Crippen LogP contribution in [0.2, 0.25) is 0 Å². The zero-order valence-electron chi connectivity index (χ0n) is 11.8. The Kier molecular flexibility index (Phi) is 6.79. The highest BCUT2D eigenvalue weighted by Gasteiger charge is 2.13. The van der Waals surface area contributed by atoms with E-state index >= 15 is 0 Å². The lowest BCUT2D eigenvalue weighted by Crippen LogP contribution is -2.30. The first-order valence-electron chi connectivity index (χ1n) is 6.92. The molecule has 0 fully saturated rings. The summed E-state index contributed by atoms with van der Waals surface area (Å²) in [6.07, 6.45) is 3.36. The van der Waals surface area contributed by atoms with Gasteiger partial charge >= 0.3 is 6.09 Å². The van der Waals surface area contributed by atoms with Crippen LogP contribution in [0.1, 0.15) is 39.5 Å². The minimum atomic E-state index is -0.902. The number of carbonyl (C=O) groups is 1. The van der Waals surface area contributed by atoms with E-state index in [1.54, 1.807) is 24.3 Å². The molecule has 0 heterocycles. The normalized spacial score (nSPS) is 10.2. The molecule has 0 atom stereocenters. The maximum atomic E-state index is 11.3. The van der Waals surface area contributed by atoms with Gasteiger partial charge in [0.2, 0.25) is 0 Å². The average molecular weight is 265 g/mol. The lowest BCUT2D eigenvalue weighted by atomic mass is 10.2. The summed E-state index contributed by atoms with van der Waals surface area (Å²) in [7, 11) is 0. The number of ether oxygens (including phenoxy) is 1. The van der Waals surface area contributed by atoms with Crippen LogP contribution < -0.4 is 9.64 Å². The molecular weight excluding hydrogens is 242 g/mol. The van der Waals surface area contributed by atoms with E-state index in [0.717, 1.165) is 31.4 Å². The van der Waals surface area contributed by atoms with E-state index in [4.69, 9.17) is 4.74 Å². The summed E-state index contributed by atoms with van der Waals surface area (Å²) < 4.78 is 5.35. The average Bonchev–Trinajstić information content (AvgIpc) is 2.40. The molecule has 0 unspecified atom stereocenters. The van der Waals surface area contributed by atoms with Gasteiger partial charge in [0.05, 0.1) is 6.61 Å². The number of hydrogen-bond acceptors (Lipinski definition) is 2. The minimum absolute atomic E-state index is 0.545. The number of hydrogen-bond donors (Lipinski definition) is 1. The SMILES string of the molecule is CCCCCCN(C(=O)O)c1ccc(OCC)cc1. The minimum Gasteiger partial charge on any atom is -0.494 e. The van der Waals surface area contributed by atoms with Gasteiger partial charge in [0.15, 0.2) is 0 Å². The second-order valence-corrected chi connectivity index (χ2v) is 4.42. The van der Waals surface area contributed by atoms with Gasteiger partial charge in [-0.25, -0.2) is 4.79 Å². The van der Waals surface area contributed by atoms with Crippen LogP contribution in [0.25, 0.3) is 0 Å². The van der Waals surface area contributed by atoms with Gasteiger partial charge in [0.1, 0.15) is 5.75 Å². The molecule has 1 aromatic carbocycles. The topological polar surface area (TPSA) is 49.8 Å². The van der Waals surface area contributed by atoms with E-state index in [0.29, 0.717) is 18.8 Å². The van der Waals surface area contributed by atoms with Gasteiger partial charge in [-0.15, -0.1) is 0 Å². The molecule has 0 aliphatic carbocycles. The first kappa shape index (κ1) is 15.3. The molecule has 0 aliphatic rings. The molecule has 0 saturated heterocycles. The maximum Gasteiger partial charge on any atom is 0.411 e. The van der Waals surface area contributed by atoms with Crippen LogP contribution in [0, 0.1) is 0 Å². The van der Waals surface area contributed by atoms with Gasteiger partial charge in [-0.1, -0.05) is 26.2 Å².